The van der Waals surface area contributed by atoms with Gasteiger partial charge in [0.1, 0.15) is 23.0 Å². The Bertz CT molecular complexity index is 1410. The molecule has 0 radical (unpaired) electrons. The molecule has 0 aliphatic carbocycles. The van der Waals surface area contributed by atoms with Crippen LogP contribution in [0.1, 0.15) is 35.6 Å². The summed E-state index contributed by atoms with van der Waals surface area (Å²) in [5.74, 6) is -4.91. The number of rotatable bonds is 7. The first-order valence-corrected chi connectivity index (χ1v) is 12.0. The van der Waals surface area contributed by atoms with Gasteiger partial charge in [-0.15, -0.1) is 0 Å². The van der Waals surface area contributed by atoms with Crippen molar-refractivity contribution in [3.63, 3.8) is 0 Å². The van der Waals surface area contributed by atoms with Gasteiger partial charge in [-0.3, -0.25) is 0 Å². The van der Waals surface area contributed by atoms with Gasteiger partial charge in [0.05, 0.1) is 0 Å². The van der Waals surface area contributed by atoms with Crippen molar-refractivity contribution in [1.29, 1.82) is 0 Å². The molecule has 0 nitrogen and oxygen atoms in total. The molecule has 7 heteroatoms. The van der Waals surface area contributed by atoms with Crippen LogP contribution in [0.3, 0.4) is 0 Å². The average Bonchev–Trinajstić information content (AvgIpc) is 2.90. The fraction of sp³-hybridized carbons (Fsp3) is 0.161. The third-order valence-electron chi connectivity index (χ3n) is 6.29. The highest BCUT2D eigenvalue weighted by Crippen LogP contribution is 2.36. The van der Waals surface area contributed by atoms with E-state index in [1.54, 1.807) is 55.5 Å². The minimum absolute atomic E-state index is 0.00679. The number of halogens is 7. The molecular weight excluding hydrogens is 505 g/mol. The maximum Gasteiger partial charge on any atom is 0.422 e. The van der Waals surface area contributed by atoms with Gasteiger partial charge in [0.2, 0.25) is 0 Å². The lowest BCUT2D eigenvalue weighted by Gasteiger charge is -2.12. The number of alkyl halides is 3. The first-order valence-electron chi connectivity index (χ1n) is 12.0. The highest BCUT2D eigenvalue weighted by atomic mass is 19.4. The number of hydrogen-bond acceptors (Lipinski definition) is 0. The number of hydrogen-bond donors (Lipinski definition) is 0. The van der Waals surface area contributed by atoms with Crippen molar-refractivity contribution in [2.24, 2.45) is 0 Å². The molecule has 0 aliphatic rings. The van der Waals surface area contributed by atoms with Crippen LogP contribution in [0.25, 0.3) is 28.1 Å². The Morgan fingerprint density at radius 2 is 1.00 bits per heavy atom. The first-order chi connectivity index (χ1) is 18.1. The van der Waals surface area contributed by atoms with E-state index < -0.39 is 35.0 Å². The zero-order chi connectivity index (χ0) is 27.4. The van der Waals surface area contributed by atoms with E-state index in [9.17, 15) is 30.7 Å². The summed E-state index contributed by atoms with van der Waals surface area (Å²) in [5, 5.41) is 0. The lowest BCUT2D eigenvalue weighted by Crippen LogP contribution is -2.11. The summed E-state index contributed by atoms with van der Waals surface area (Å²) >= 11 is 0. The third kappa shape index (κ3) is 6.15. The van der Waals surface area contributed by atoms with E-state index in [0.29, 0.717) is 17.7 Å². The second-order valence-electron chi connectivity index (χ2n) is 8.86. The van der Waals surface area contributed by atoms with Crippen molar-refractivity contribution in [1.82, 2.24) is 0 Å². The molecule has 0 aliphatic heterocycles. The van der Waals surface area contributed by atoms with Crippen LogP contribution in [0.5, 0.6) is 0 Å². The zero-order valence-electron chi connectivity index (χ0n) is 20.3. The van der Waals surface area contributed by atoms with Crippen LogP contribution >= 0.6 is 0 Å². The minimum Gasteiger partial charge on any atom is -0.209 e. The molecule has 0 unspecified atom stereocenters. The number of allylic oxidation sites excluding steroid dienone is 1. The lowest BCUT2D eigenvalue weighted by molar-refractivity contribution is -0.142. The molecule has 4 aromatic rings. The molecule has 0 aromatic heterocycles. The molecule has 0 bridgehead atoms. The standard InChI is InChI=1S/C31H23F7/c1-2-26(32)30(35)24-11-7-20(8-12-24)4-3-19-5-9-21(10-6-19)22-13-15-23(16-14-22)25-17-27(33)29(28(34)18-25)31(36,37)38/h5-18H,2-4H2,1H3/b30-26+. The summed E-state index contributed by atoms with van der Waals surface area (Å²) in [6.45, 7) is 1.55. The highest BCUT2D eigenvalue weighted by molar-refractivity contribution is 5.71. The Morgan fingerprint density at radius 1 is 0.605 bits per heavy atom. The van der Waals surface area contributed by atoms with Crippen molar-refractivity contribution >= 4 is 5.83 Å². The highest BCUT2D eigenvalue weighted by Gasteiger charge is 2.37. The Morgan fingerprint density at radius 3 is 1.42 bits per heavy atom. The van der Waals surface area contributed by atoms with Crippen molar-refractivity contribution in [2.45, 2.75) is 32.4 Å². The normalized spacial score (nSPS) is 12.4. The van der Waals surface area contributed by atoms with E-state index in [-0.39, 0.29) is 17.5 Å². The van der Waals surface area contributed by atoms with Crippen LogP contribution in [0.4, 0.5) is 30.7 Å². The van der Waals surface area contributed by atoms with Crippen molar-refractivity contribution in [3.8, 4) is 22.3 Å². The Labute approximate surface area is 216 Å². The molecule has 4 aromatic carbocycles. The topological polar surface area (TPSA) is 0 Å². The average molecular weight is 529 g/mol. The molecule has 0 fully saturated rings. The summed E-state index contributed by atoms with van der Waals surface area (Å²) in [5.41, 5.74) is 2.52. The summed E-state index contributed by atoms with van der Waals surface area (Å²) in [6.07, 6.45) is -3.65. The van der Waals surface area contributed by atoms with Crippen LogP contribution in [0.2, 0.25) is 0 Å². The van der Waals surface area contributed by atoms with Crippen LogP contribution in [0.15, 0.2) is 90.8 Å². The Kier molecular flexibility index (Phi) is 8.05. The second kappa shape index (κ2) is 11.3. The van der Waals surface area contributed by atoms with E-state index in [1.807, 2.05) is 24.3 Å². The smallest absolute Gasteiger partial charge is 0.209 e. The van der Waals surface area contributed by atoms with E-state index in [0.717, 1.165) is 35.1 Å². The first kappa shape index (κ1) is 27.2. The van der Waals surface area contributed by atoms with Gasteiger partial charge in [-0.1, -0.05) is 79.7 Å². The molecular formula is C31H23F7. The molecule has 0 amide bonds. The van der Waals surface area contributed by atoms with E-state index in [1.165, 1.54) is 0 Å². The second-order valence-corrected chi connectivity index (χ2v) is 8.86. The molecule has 0 saturated heterocycles. The van der Waals surface area contributed by atoms with E-state index >= 15 is 0 Å². The molecule has 4 rings (SSSR count). The summed E-state index contributed by atoms with van der Waals surface area (Å²) in [7, 11) is 0. The van der Waals surface area contributed by atoms with Crippen LogP contribution in [-0.2, 0) is 19.0 Å². The van der Waals surface area contributed by atoms with Gasteiger partial charge in [0, 0.05) is 5.56 Å². The van der Waals surface area contributed by atoms with E-state index in [2.05, 4.69) is 0 Å². The van der Waals surface area contributed by atoms with Crippen LogP contribution in [-0.4, -0.2) is 0 Å². The monoisotopic (exact) mass is 528 g/mol. The molecule has 0 N–H and O–H groups in total. The predicted molar refractivity (Wildman–Crippen MR) is 136 cm³/mol. The summed E-state index contributed by atoms with van der Waals surface area (Å²) in [6, 6.07) is 22.5. The maximum atomic E-state index is 13.9. The quantitative estimate of drug-likeness (QED) is 0.209. The molecule has 0 saturated carbocycles. The van der Waals surface area contributed by atoms with Crippen molar-refractivity contribution < 1.29 is 30.7 Å². The molecule has 0 spiro atoms. The van der Waals surface area contributed by atoms with Gasteiger partial charge < -0.3 is 0 Å². The SMILES string of the molecule is CC/C(F)=C(\F)c1ccc(CCc2ccc(-c3ccc(-c4cc(F)c(C(F)(F)F)c(F)c4)cc3)cc2)cc1. The van der Waals surface area contributed by atoms with Gasteiger partial charge >= 0.3 is 6.18 Å². The number of aryl methyl sites for hydroxylation is 2. The van der Waals surface area contributed by atoms with Gasteiger partial charge in [-0.25, -0.2) is 17.6 Å². The minimum atomic E-state index is -5.11. The van der Waals surface area contributed by atoms with Gasteiger partial charge in [0.25, 0.3) is 0 Å². The molecule has 0 heterocycles. The van der Waals surface area contributed by atoms with Crippen molar-refractivity contribution in [2.75, 3.05) is 0 Å². The number of benzene rings is 4. The Hall–Kier alpha value is -3.87. The largest absolute Gasteiger partial charge is 0.422 e. The molecule has 38 heavy (non-hydrogen) atoms. The fourth-order valence-corrected chi connectivity index (χ4v) is 4.15. The molecule has 0 atom stereocenters. The van der Waals surface area contributed by atoms with Crippen LogP contribution in [0, 0.1) is 11.6 Å². The van der Waals surface area contributed by atoms with E-state index in [4.69, 9.17) is 0 Å². The summed E-state index contributed by atoms with van der Waals surface area (Å²) in [4.78, 5) is 0. The summed E-state index contributed by atoms with van der Waals surface area (Å²) < 4.78 is 93.7. The van der Waals surface area contributed by atoms with Crippen LogP contribution < -0.4 is 0 Å². The maximum absolute atomic E-state index is 13.9. The van der Waals surface area contributed by atoms with Gasteiger partial charge in [-0.05, 0) is 64.8 Å². The fourth-order valence-electron chi connectivity index (χ4n) is 4.15. The predicted octanol–water partition coefficient (Wildman–Crippen LogP) is 10.1. The lowest BCUT2D eigenvalue weighted by atomic mass is 9.97. The molecule has 196 valence electrons. The van der Waals surface area contributed by atoms with Gasteiger partial charge in [0.15, 0.2) is 5.83 Å². The third-order valence-corrected chi connectivity index (χ3v) is 6.29. The van der Waals surface area contributed by atoms with Gasteiger partial charge in [-0.2, -0.15) is 13.2 Å². The Balaban J connectivity index is 1.42. The zero-order valence-corrected chi connectivity index (χ0v) is 20.3. The van der Waals surface area contributed by atoms with Crippen molar-refractivity contribution in [3.05, 3.63) is 125 Å².